The van der Waals surface area contributed by atoms with Crippen molar-refractivity contribution in [1.82, 2.24) is 0 Å². The average molecular weight is 230 g/mol. The van der Waals surface area contributed by atoms with E-state index in [2.05, 4.69) is 11.4 Å². The van der Waals surface area contributed by atoms with Gasteiger partial charge in [-0.15, -0.1) is 0 Å². The van der Waals surface area contributed by atoms with Gasteiger partial charge >= 0.3 is 0 Å². The van der Waals surface area contributed by atoms with Crippen molar-refractivity contribution in [3.63, 3.8) is 0 Å². The summed E-state index contributed by atoms with van der Waals surface area (Å²) in [5.41, 5.74) is 1.76. The third-order valence-corrected chi connectivity index (χ3v) is 3.68. The van der Waals surface area contributed by atoms with Crippen LogP contribution in [0.15, 0.2) is 24.3 Å². The Balaban J connectivity index is 1.94. The molecule has 0 spiro atoms. The van der Waals surface area contributed by atoms with Gasteiger partial charge in [0.1, 0.15) is 0 Å². The van der Waals surface area contributed by atoms with Crippen LogP contribution in [0.25, 0.3) is 0 Å². The van der Waals surface area contributed by atoms with Crippen LogP contribution in [0.5, 0.6) is 0 Å². The fraction of sp³-hybridized carbons (Fsp3) is 0.500. The quantitative estimate of drug-likeness (QED) is 0.835. The number of nitrogens with one attached hydrogen (secondary N) is 1. The zero-order valence-corrected chi connectivity index (χ0v) is 9.95. The Morgan fingerprint density at radius 3 is 2.41 bits per heavy atom. The molecule has 1 aromatic rings. The molecule has 1 aliphatic rings. The van der Waals surface area contributed by atoms with Gasteiger partial charge in [0.15, 0.2) is 0 Å². The number of aliphatic hydroxyl groups excluding tert-OH is 1. The molecule has 0 aromatic heterocycles. The van der Waals surface area contributed by atoms with Crippen molar-refractivity contribution in [1.29, 1.82) is 5.26 Å². The van der Waals surface area contributed by atoms with Crippen molar-refractivity contribution in [3.05, 3.63) is 29.8 Å². The summed E-state index contributed by atoms with van der Waals surface area (Å²) in [6.07, 6.45) is 4.64. The molecule has 0 amide bonds. The molecule has 2 N–H and O–H groups in total. The molecule has 3 heteroatoms. The second-order valence-electron chi connectivity index (χ2n) is 4.91. The maximum absolute atomic E-state index is 9.49. The molecule has 0 unspecified atom stereocenters. The van der Waals surface area contributed by atoms with E-state index in [0.29, 0.717) is 5.56 Å². The maximum atomic E-state index is 9.49. The number of benzene rings is 1. The van der Waals surface area contributed by atoms with Crippen molar-refractivity contribution >= 4 is 5.69 Å². The van der Waals surface area contributed by atoms with E-state index in [0.717, 1.165) is 25.1 Å². The summed E-state index contributed by atoms with van der Waals surface area (Å²) >= 11 is 0. The van der Waals surface area contributed by atoms with E-state index in [-0.39, 0.29) is 12.0 Å². The third-order valence-electron chi connectivity index (χ3n) is 3.68. The van der Waals surface area contributed by atoms with Crippen LogP contribution < -0.4 is 5.32 Å². The summed E-state index contributed by atoms with van der Waals surface area (Å²) in [5, 5.41) is 21.6. The molecular weight excluding hydrogens is 212 g/mol. The Kier molecular flexibility index (Phi) is 3.65. The molecule has 90 valence electrons. The molecule has 1 aliphatic carbocycles. The van der Waals surface area contributed by atoms with Gasteiger partial charge in [-0.3, -0.25) is 0 Å². The Labute approximate surface area is 102 Å². The fourth-order valence-corrected chi connectivity index (χ4v) is 2.47. The zero-order valence-electron chi connectivity index (χ0n) is 9.95. The first-order valence-electron chi connectivity index (χ1n) is 6.13. The predicted molar refractivity (Wildman–Crippen MR) is 67.6 cm³/mol. The summed E-state index contributed by atoms with van der Waals surface area (Å²) < 4.78 is 0. The van der Waals surface area contributed by atoms with Gasteiger partial charge < -0.3 is 10.4 Å². The van der Waals surface area contributed by atoms with E-state index < -0.39 is 0 Å². The van der Waals surface area contributed by atoms with Crippen LogP contribution in [0.3, 0.4) is 0 Å². The maximum Gasteiger partial charge on any atom is 0.0991 e. The van der Waals surface area contributed by atoms with Gasteiger partial charge in [-0.1, -0.05) is 12.8 Å². The molecule has 1 saturated carbocycles. The molecule has 17 heavy (non-hydrogen) atoms. The Morgan fingerprint density at radius 2 is 1.88 bits per heavy atom. The molecule has 2 rings (SSSR count). The molecule has 1 aromatic carbocycles. The first-order valence-corrected chi connectivity index (χ1v) is 6.13. The number of nitrogens with zero attached hydrogens (tertiary/aromatic N) is 1. The SMILES string of the molecule is N#Cc1ccc(NCC2(CO)CCCC2)cc1. The molecule has 0 radical (unpaired) electrons. The lowest BCUT2D eigenvalue weighted by molar-refractivity contribution is 0.142. The lowest BCUT2D eigenvalue weighted by Gasteiger charge is -2.27. The molecule has 0 saturated heterocycles. The van der Waals surface area contributed by atoms with Crippen LogP contribution in [0.1, 0.15) is 31.2 Å². The highest BCUT2D eigenvalue weighted by molar-refractivity contribution is 5.47. The van der Waals surface area contributed by atoms with Crippen LogP contribution in [-0.4, -0.2) is 18.3 Å². The summed E-state index contributed by atoms with van der Waals surface area (Å²) in [7, 11) is 0. The summed E-state index contributed by atoms with van der Waals surface area (Å²) in [4.78, 5) is 0. The zero-order chi connectivity index (χ0) is 12.1. The van der Waals surface area contributed by atoms with E-state index >= 15 is 0 Å². The number of nitriles is 1. The summed E-state index contributed by atoms with van der Waals surface area (Å²) in [6.45, 7) is 1.08. The predicted octanol–water partition coefficient (Wildman–Crippen LogP) is 2.52. The summed E-state index contributed by atoms with van der Waals surface area (Å²) in [6, 6.07) is 9.55. The topological polar surface area (TPSA) is 56.0 Å². The Morgan fingerprint density at radius 1 is 1.24 bits per heavy atom. The lowest BCUT2D eigenvalue weighted by atomic mass is 9.87. The van der Waals surface area contributed by atoms with Crippen LogP contribution in [0, 0.1) is 16.7 Å². The number of hydrogen-bond acceptors (Lipinski definition) is 3. The van der Waals surface area contributed by atoms with Crippen molar-refractivity contribution < 1.29 is 5.11 Å². The Bertz CT molecular complexity index is 399. The standard InChI is InChI=1S/C14H18N2O/c15-9-12-3-5-13(6-4-12)16-10-14(11-17)7-1-2-8-14/h3-6,16-17H,1-2,7-8,10-11H2. The Hall–Kier alpha value is -1.53. The van der Waals surface area contributed by atoms with Gasteiger partial charge in [0.05, 0.1) is 18.2 Å². The fourth-order valence-electron chi connectivity index (χ4n) is 2.47. The summed E-state index contributed by atoms with van der Waals surface area (Å²) in [5.74, 6) is 0. The van der Waals surface area contributed by atoms with Crippen LogP contribution in [0.4, 0.5) is 5.69 Å². The van der Waals surface area contributed by atoms with Gasteiger partial charge in [-0.2, -0.15) is 5.26 Å². The molecule has 0 heterocycles. The molecule has 0 atom stereocenters. The van der Waals surface area contributed by atoms with Gasteiger partial charge in [0.2, 0.25) is 0 Å². The first-order chi connectivity index (χ1) is 8.28. The minimum absolute atomic E-state index is 0.0634. The number of aliphatic hydroxyl groups is 1. The third kappa shape index (κ3) is 2.78. The number of hydrogen-bond donors (Lipinski definition) is 2. The van der Waals surface area contributed by atoms with Gasteiger partial charge in [-0.25, -0.2) is 0 Å². The van der Waals surface area contributed by atoms with Crippen LogP contribution in [0.2, 0.25) is 0 Å². The van der Waals surface area contributed by atoms with Crippen LogP contribution >= 0.6 is 0 Å². The monoisotopic (exact) mass is 230 g/mol. The van der Waals surface area contributed by atoms with E-state index in [4.69, 9.17) is 5.26 Å². The highest BCUT2D eigenvalue weighted by atomic mass is 16.3. The van der Waals surface area contributed by atoms with E-state index in [9.17, 15) is 5.11 Å². The minimum Gasteiger partial charge on any atom is -0.396 e. The molecular formula is C14H18N2O. The number of anilines is 1. The van der Waals surface area contributed by atoms with E-state index in [1.165, 1.54) is 12.8 Å². The second-order valence-corrected chi connectivity index (χ2v) is 4.91. The van der Waals surface area contributed by atoms with E-state index in [1.54, 1.807) is 0 Å². The van der Waals surface area contributed by atoms with Gasteiger partial charge in [-0.05, 0) is 37.1 Å². The molecule has 0 bridgehead atoms. The van der Waals surface area contributed by atoms with Crippen LogP contribution in [-0.2, 0) is 0 Å². The van der Waals surface area contributed by atoms with Gasteiger partial charge in [0.25, 0.3) is 0 Å². The lowest BCUT2D eigenvalue weighted by Crippen LogP contribution is -2.30. The highest BCUT2D eigenvalue weighted by Crippen LogP contribution is 2.37. The molecule has 0 aliphatic heterocycles. The smallest absolute Gasteiger partial charge is 0.0991 e. The van der Waals surface area contributed by atoms with Crippen molar-refractivity contribution in [2.75, 3.05) is 18.5 Å². The second kappa shape index (κ2) is 5.20. The van der Waals surface area contributed by atoms with Crippen molar-refractivity contribution in [3.8, 4) is 6.07 Å². The van der Waals surface area contributed by atoms with Gasteiger partial charge in [0, 0.05) is 17.6 Å². The molecule has 1 fully saturated rings. The van der Waals surface area contributed by atoms with E-state index in [1.807, 2.05) is 24.3 Å². The average Bonchev–Trinajstić information content (AvgIpc) is 2.86. The number of rotatable bonds is 4. The minimum atomic E-state index is 0.0634. The largest absolute Gasteiger partial charge is 0.396 e. The first kappa shape index (κ1) is 11.9. The van der Waals surface area contributed by atoms with Crippen molar-refractivity contribution in [2.24, 2.45) is 5.41 Å². The normalized spacial score (nSPS) is 17.6. The molecule has 3 nitrogen and oxygen atoms in total. The highest BCUT2D eigenvalue weighted by Gasteiger charge is 2.32. The van der Waals surface area contributed by atoms with Crippen molar-refractivity contribution in [2.45, 2.75) is 25.7 Å².